The Labute approximate surface area is 89.1 Å². The first kappa shape index (κ1) is 10.1. The van der Waals surface area contributed by atoms with Crippen molar-refractivity contribution in [3.8, 4) is 0 Å². The van der Waals surface area contributed by atoms with E-state index in [9.17, 15) is 0 Å². The van der Waals surface area contributed by atoms with Crippen LogP contribution < -0.4 is 5.32 Å². The summed E-state index contributed by atoms with van der Waals surface area (Å²) in [6.07, 6.45) is 3.13. The molecule has 2 rings (SSSR count). The lowest BCUT2D eigenvalue weighted by molar-refractivity contribution is 0.387. The van der Waals surface area contributed by atoms with Crippen LogP contribution in [0, 0.1) is 0 Å². The first-order valence-electron chi connectivity index (χ1n) is 5.09. The van der Waals surface area contributed by atoms with Crippen molar-refractivity contribution in [2.45, 2.75) is 25.4 Å². The Hall–Kier alpha value is -0.450. The molecule has 0 amide bonds. The quantitative estimate of drug-likeness (QED) is 0.821. The second-order valence-electron chi connectivity index (χ2n) is 4.01. The van der Waals surface area contributed by atoms with E-state index < -0.39 is 0 Å². The van der Waals surface area contributed by atoms with Gasteiger partial charge in [-0.25, -0.2) is 4.98 Å². The summed E-state index contributed by atoms with van der Waals surface area (Å²) >= 11 is 1.73. The first-order valence-corrected chi connectivity index (χ1v) is 5.97. The second kappa shape index (κ2) is 4.38. The summed E-state index contributed by atoms with van der Waals surface area (Å²) in [7, 11) is 2.18. The van der Waals surface area contributed by atoms with E-state index in [0.29, 0.717) is 12.1 Å². The van der Waals surface area contributed by atoms with E-state index in [1.54, 1.807) is 11.3 Å². The standard InChI is InChI=1S/C10H17N3S/c1-8(10-11-4-6-14-10)12-9-3-5-13(2)7-9/h4,6,8-9,12H,3,5,7H2,1-2H3/t8-,9+/m1/s1. The van der Waals surface area contributed by atoms with Gasteiger partial charge in [-0.1, -0.05) is 0 Å². The van der Waals surface area contributed by atoms with Crippen molar-refractivity contribution in [2.24, 2.45) is 0 Å². The SMILES string of the molecule is C[C@@H](N[C@H]1CCN(C)C1)c1nccs1. The van der Waals surface area contributed by atoms with Gasteiger partial charge in [-0.2, -0.15) is 0 Å². The van der Waals surface area contributed by atoms with Gasteiger partial charge < -0.3 is 10.2 Å². The third-order valence-corrected chi connectivity index (χ3v) is 3.66. The number of thiazole rings is 1. The largest absolute Gasteiger partial charge is 0.305 e. The molecule has 1 saturated heterocycles. The van der Waals surface area contributed by atoms with Gasteiger partial charge in [0.2, 0.25) is 0 Å². The van der Waals surface area contributed by atoms with Crippen LogP contribution in [-0.2, 0) is 0 Å². The van der Waals surface area contributed by atoms with Gasteiger partial charge in [0.15, 0.2) is 0 Å². The molecule has 1 aliphatic rings. The van der Waals surface area contributed by atoms with Crippen LogP contribution in [0.15, 0.2) is 11.6 Å². The molecule has 1 aromatic heterocycles. The zero-order valence-corrected chi connectivity index (χ0v) is 9.55. The number of nitrogens with zero attached hydrogens (tertiary/aromatic N) is 2. The van der Waals surface area contributed by atoms with Gasteiger partial charge in [0.1, 0.15) is 5.01 Å². The van der Waals surface area contributed by atoms with Crippen molar-refractivity contribution in [1.29, 1.82) is 0 Å². The maximum atomic E-state index is 4.32. The molecule has 1 fully saturated rings. The highest BCUT2D eigenvalue weighted by atomic mass is 32.1. The van der Waals surface area contributed by atoms with Crippen molar-refractivity contribution in [3.05, 3.63) is 16.6 Å². The fraction of sp³-hybridized carbons (Fsp3) is 0.700. The molecule has 0 radical (unpaired) electrons. The number of hydrogen-bond donors (Lipinski definition) is 1. The number of rotatable bonds is 3. The van der Waals surface area contributed by atoms with Crippen LogP contribution in [0.1, 0.15) is 24.4 Å². The molecule has 0 aromatic carbocycles. The minimum Gasteiger partial charge on any atom is -0.305 e. The number of aromatic nitrogens is 1. The zero-order chi connectivity index (χ0) is 9.97. The molecule has 0 bridgehead atoms. The maximum Gasteiger partial charge on any atom is 0.109 e. The van der Waals surface area contributed by atoms with Gasteiger partial charge in [-0.15, -0.1) is 11.3 Å². The van der Waals surface area contributed by atoms with Crippen LogP contribution in [0.25, 0.3) is 0 Å². The van der Waals surface area contributed by atoms with E-state index in [1.807, 2.05) is 11.6 Å². The Morgan fingerprint density at radius 2 is 2.57 bits per heavy atom. The number of hydrogen-bond acceptors (Lipinski definition) is 4. The molecule has 1 aromatic rings. The third-order valence-electron chi connectivity index (χ3n) is 2.70. The summed E-state index contributed by atoms with van der Waals surface area (Å²) in [6, 6.07) is 1.03. The van der Waals surface area contributed by atoms with Crippen molar-refractivity contribution in [3.63, 3.8) is 0 Å². The Morgan fingerprint density at radius 3 is 3.14 bits per heavy atom. The van der Waals surface area contributed by atoms with Crippen LogP contribution in [0.4, 0.5) is 0 Å². The molecule has 1 aliphatic heterocycles. The van der Waals surface area contributed by atoms with Crippen molar-refractivity contribution < 1.29 is 0 Å². The van der Waals surface area contributed by atoms with Gasteiger partial charge in [0.05, 0.1) is 6.04 Å². The summed E-state index contributed by atoms with van der Waals surface area (Å²) in [6.45, 7) is 4.56. The van der Waals surface area contributed by atoms with Gasteiger partial charge in [-0.05, 0) is 26.9 Å². The highest BCUT2D eigenvalue weighted by Gasteiger charge is 2.21. The molecule has 78 valence electrons. The average Bonchev–Trinajstić information content (AvgIpc) is 2.75. The average molecular weight is 211 g/mol. The lowest BCUT2D eigenvalue weighted by Gasteiger charge is -2.17. The summed E-state index contributed by atoms with van der Waals surface area (Å²) in [5.74, 6) is 0. The molecule has 0 spiro atoms. The predicted molar refractivity (Wildman–Crippen MR) is 59.6 cm³/mol. The number of likely N-dealkylation sites (tertiary alicyclic amines) is 1. The lowest BCUT2D eigenvalue weighted by Crippen LogP contribution is -2.33. The molecule has 3 nitrogen and oxygen atoms in total. The minimum absolute atomic E-state index is 0.395. The van der Waals surface area contributed by atoms with E-state index in [2.05, 4.69) is 29.2 Å². The highest BCUT2D eigenvalue weighted by molar-refractivity contribution is 7.09. The first-order chi connectivity index (χ1) is 6.75. The zero-order valence-electron chi connectivity index (χ0n) is 8.73. The van der Waals surface area contributed by atoms with E-state index >= 15 is 0 Å². The summed E-state index contributed by atoms with van der Waals surface area (Å²) in [4.78, 5) is 6.69. The van der Waals surface area contributed by atoms with Crippen molar-refractivity contribution in [1.82, 2.24) is 15.2 Å². The normalized spacial score (nSPS) is 25.4. The number of likely N-dealkylation sites (N-methyl/N-ethyl adjacent to an activating group) is 1. The van der Waals surface area contributed by atoms with Crippen LogP contribution in [0.2, 0.25) is 0 Å². The molecule has 1 N–H and O–H groups in total. The van der Waals surface area contributed by atoms with Crippen LogP contribution in [0.5, 0.6) is 0 Å². The van der Waals surface area contributed by atoms with Crippen LogP contribution in [0.3, 0.4) is 0 Å². The molecule has 4 heteroatoms. The smallest absolute Gasteiger partial charge is 0.109 e. The minimum atomic E-state index is 0.395. The summed E-state index contributed by atoms with van der Waals surface area (Å²) < 4.78 is 0. The Kier molecular flexibility index (Phi) is 3.15. The second-order valence-corrected chi connectivity index (χ2v) is 4.93. The maximum absolute atomic E-state index is 4.32. The molecular weight excluding hydrogens is 194 g/mol. The Bertz CT molecular complexity index is 273. The molecule has 0 unspecified atom stereocenters. The van der Waals surface area contributed by atoms with Gasteiger partial charge in [-0.3, -0.25) is 0 Å². The molecule has 0 saturated carbocycles. The monoisotopic (exact) mass is 211 g/mol. The Morgan fingerprint density at radius 1 is 1.71 bits per heavy atom. The highest BCUT2D eigenvalue weighted by Crippen LogP contribution is 2.17. The van der Waals surface area contributed by atoms with E-state index in [4.69, 9.17) is 0 Å². The third kappa shape index (κ3) is 2.32. The predicted octanol–water partition coefficient (Wildman–Crippen LogP) is 1.50. The lowest BCUT2D eigenvalue weighted by atomic mass is 10.2. The fourth-order valence-corrected chi connectivity index (χ4v) is 2.60. The Balaban J connectivity index is 1.86. The van der Waals surface area contributed by atoms with Crippen molar-refractivity contribution in [2.75, 3.05) is 20.1 Å². The van der Waals surface area contributed by atoms with Gasteiger partial charge in [0.25, 0.3) is 0 Å². The molecule has 2 heterocycles. The van der Waals surface area contributed by atoms with Gasteiger partial charge in [0, 0.05) is 24.2 Å². The molecule has 14 heavy (non-hydrogen) atoms. The topological polar surface area (TPSA) is 28.2 Å². The summed E-state index contributed by atoms with van der Waals surface area (Å²) in [5.41, 5.74) is 0. The molecular formula is C10H17N3S. The molecule has 0 aliphatic carbocycles. The van der Waals surface area contributed by atoms with E-state index in [1.165, 1.54) is 18.0 Å². The summed E-state index contributed by atoms with van der Waals surface area (Å²) in [5, 5.41) is 6.85. The van der Waals surface area contributed by atoms with Crippen LogP contribution >= 0.6 is 11.3 Å². The van der Waals surface area contributed by atoms with E-state index in [0.717, 1.165) is 6.54 Å². The molecule has 2 atom stereocenters. The van der Waals surface area contributed by atoms with Crippen LogP contribution in [-0.4, -0.2) is 36.1 Å². The van der Waals surface area contributed by atoms with Gasteiger partial charge >= 0.3 is 0 Å². The fourth-order valence-electron chi connectivity index (χ4n) is 1.94. The van der Waals surface area contributed by atoms with E-state index in [-0.39, 0.29) is 0 Å². The van der Waals surface area contributed by atoms with Crippen molar-refractivity contribution >= 4 is 11.3 Å². The number of nitrogens with one attached hydrogen (secondary N) is 1.